The van der Waals surface area contributed by atoms with Crippen molar-refractivity contribution < 1.29 is 4.39 Å². The molecule has 1 N–H and O–H groups in total. The van der Waals surface area contributed by atoms with E-state index < -0.39 is 0 Å². The fourth-order valence-corrected chi connectivity index (χ4v) is 3.27. The second kappa shape index (κ2) is 6.16. The maximum Gasteiger partial charge on any atom is 0.128 e. The molecule has 1 unspecified atom stereocenters. The van der Waals surface area contributed by atoms with Gasteiger partial charge in [-0.15, -0.1) is 0 Å². The molecule has 1 heterocycles. The van der Waals surface area contributed by atoms with Crippen molar-refractivity contribution in [2.45, 2.75) is 19.5 Å². The summed E-state index contributed by atoms with van der Waals surface area (Å²) in [5.41, 5.74) is 3.17. The van der Waals surface area contributed by atoms with Crippen LogP contribution < -0.4 is 10.2 Å². The van der Waals surface area contributed by atoms with Crippen LogP contribution in [0.4, 0.5) is 10.1 Å². The summed E-state index contributed by atoms with van der Waals surface area (Å²) >= 11 is 3.44. The molecule has 2 nitrogen and oxygen atoms in total. The standard InChI is InChI=1S/C17H18BrFN2/c1-12(15-10-14(18)6-7-16(15)19)21-9-8-20-11-13-4-2-3-5-17(13)21/h2-7,10,12,20H,8-9,11H2,1H3. The van der Waals surface area contributed by atoms with Crippen LogP contribution in [0.2, 0.25) is 0 Å². The van der Waals surface area contributed by atoms with Gasteiger partial charge in [-0.25, -0.2) is 4.39 Å². The van der Waals surface area contributed by atoms with E-state index in [0.717, 1.165) is 29.7 Å². The van der Waals surface area contributed by atoms with Gasteiger partial charge in [-0.1, -0.05) is 34.1 Å². The van der Waals surface area contributed by atoms with Gasteiger partial charge in [-0.2, -0.15) is 0 Å². The zero-order valence-electron chi connectivity index (χ0n) is 11.9. The van der Waals surface area contributed by atoms with E-state index in [2.05, 4.69) is 45.2 Å². The van der Waals surface area contributed by atoms with Crippen LogP contribution in [0.15, 0.2) is 46.9 Å². The second-order valence-electron chi connectivity index (χ2n) is 5.34. The zero-order valence-corrected chi connectivity index (χ0v) is 13.5. The highest BCUT2D eigenvalue weighted by molar-refractivity contribution is 9.10. The van der Waals surface area contributed by atoms with Gasteiger partial charge in [-0.05, 0) is 36.8 Å². The number of nitrogens with one attached hydrogen (secondary N) is 1. The minimum atomic E-state index is -0.152. The van der Waals surface area contributed by atoms with Crippen LogP contribution in [-0.4, -0.2) is 13.1 Å². The van der Waals surface area contributed by atoms with E-state index in [-0.39, 0.29) is 11.9 Å². The van der Waals surface area contributed by atoms with Crippen LogP contribution in [0.25, 0.3) is 0 Å². The van der Waals surface area contributed by atoms with E-state index in [1.165, 1.54) is 17.3 Å². The average molecular weight is 349 g/mol. The first-order valence-electron chi connectivity index (χ1n) is 7.17. The SMILES string of the molecule is CC(c1cc(Br)ccc1F)N1CCNCc2ccccc21. The Labute approximate surface area is 133 Å². The quantitative estimate of drug-likeness (QED) is 0.872. The average Bonchev–Trinajstić information content (AvgIpc) is 2.71. The Bertz CT molecular complexity index is 644. The van der Waals surface area contributed by atoms with Crippen LogP contribution in [0, 0.1) is 5.82 Å². The monoisotopic (exact) mass is 348 g/mol. The fraction of sp³-hybridized carbons (Fsp3) is 0.294. The topological polar surface area (TPSA) is 15.3 Å². The normalized spacial score (nSPS) is 16.2. The molecule has 0 bridgehead atoms. The van der Waals surface area contributed by atoms with Crippen LogP contribution in [0.5, 0.6) is 0 Å². The Morgan fingerprint density at radius 3 is 2.90 bits per heavy atom. The summed E-state index contributed by atoms with van der Waals surface area (Å²) in [5, 5.41) is 3.42. The van der Waals surface area contributed by atoms with Crippen LogP contribution in [-0.2, 0) is 6.54 Å². The van der Waals surface area contributed by atoms with E-state index in [0.29, 0.717) is 0 Å². The summed E-state index contributed by atoms with van der Waals surface area (Å²) in [6, 6.07) is 13.5. The first kappa shape index (κ1) is 14.5. The van der Waals surface area contributed by atoms with E-state index in [1.54, 1.807) is 6.07 Å². The molecule has 0 saturated heterocycles. The van der Waals surface area contributed by atoms with Crippen molar-refractivity contribution in [2.75, 3.05) is 18.0 Å². The summed E-state index contributed by atoms with van der Waals surface area (Å²) in [7, 11) is 0. The van der Waals surface area contributed by atoms with Gasteiger partial charge in [0.1, 0.15) is 5.82 Å². The number of fused-ring (bicyclic) bond motifs is 1. The molecule has 1 atom stereocenters. The molecule has 0 saturated carbocycles. The van der Waals surface area contributed by atoms with Crippen molar-refractivity contribution in [2.24, 2.45) is 0 Å². The van der Waals surface area contributed by atoms with Gasteiger partial charge in [0.2, 0.25) is 0 Å². The summed E-state index contributed by atoms with van der Waals surface area (Å²) in [6.07, 6.45) is 0. The molecule has 0 radical (unpaired) electrons. The van der Waals surface area contributed by atoms with Gasteiger partial charge in [0.05, 0.1) is 6.04 Å². The number of hydrogen-bond donors (Lipinski definition) is 1. The predicted octanol–water partition coefficient (Wildman–Crippen LogP) is 4.26. The van der Waals surface area contributed by atoms with Crippen molar-refractivity contribution in [1.82, 2.24) is 5.32 Å². The Morgan fingerprint density at radius 1 is 1.24 bits per heavy atom. The molecule has 0 amide bonds. The third-order valence-electron chi connectivity index (χ3n) is 4.02. The zero-order chi connectivity index (χ0) is 14.8. The van der Waals surface area contributed by atoms with Gasteiger partial charge < -0.3 is 10.2 Å². The molecule has 110 valence electrons. The van der Waals surface area contributed by atoms with Gasteiger partial charge in [0.15, 0.2) is 0 Å². The lowest BCUT2D eigenvalue weighted by molar-refractivity contribution is 0.569. The molecule has 0 aromatic heterocycles. The van der Waals surface area contributed by atoms with Crippen molar-refractivity contribution in [1.29, 1.82) is 0 Å². The molecule has 1 aliphatic heterocycles. The molecular formula is C17H18BrFN2. The molecule has 2 aromatic rings. The fourth-order valence-electron chi connectivity index (χ4n) is 2.89. The number of halogens is 2. The highest BCUT2D eigenvalue weighted by atomic mass is 79.9. The maximum absolute atomic E-state index is 14.2. The third kappa shape index (κ3) is 2.97. The number of anilines is 1. The summed E-state index contributed by atoms with van der Waals surface area (Å²) in [6.45, 7) is 4.69. The summed E-state index contributed by atoms with van der Waals surface area (Å²) in [5.74, 6) is -0.152. The summed E-state index contributed by atoms with van der Waals surface area (Å²) < 4.78 is 15.1. The van der Waals surface area contributed by atoms with Crippen molar-refractivity contribution in [3.05, 3.63) is 63.9 Å². The van der Waals surface area contributed by atoms with Gasteiger partial charge in [0.25, 0.3) is 0 Å². The van der Waals surface area contributed by atoms with Crippen LogP contribution in [0.3, 0.4) is 0 Å². The van der Waals surface area contributed by atoms with Crippen LogP contribution in [0.1, 0.15) is 24.1 Å². The third-order valence-corrected chi connectivity index (χ3v) is 4.51. The minimum absolute atomic E-state index is 0.0106. The molecule has 0 fully saturated rings. The summed E-state index contributed by atoms with van der Waals surface area (Å²) in [4.78, 5) is 2.28. The van der Waals surface area contributed by atoms with Crippen LogP contribution >= 0.6 is 15.9 Å². The van der Waals surface area contributed by atoms with Crippen molar-refractivity contribution in [3.63, 3.8) is 0 Å². The number of rotatable bonds is 2. The lowest BCUT2D eigenvalue weighted by Crippen LogP contribution is -2.31. The maximum atomic E-state index is 14.2. The molecular weight excluding hydrogens is 331 g/mol. The lowest BCUT2D eigenvalue weighted by atomic mass is 10.0. The Balaban J connectivity index is 2.01. The van der Waals surface area contributed by atoms with Crippen molar-refractivity contribution in [3.8, 4) is 0 Å². The predicted molar refractivity (Wildman–Crippen MR) is 88.0 cm³/mol. The second-order valence-corrected chi connectivity index (χ2v) is 6.26. The van der Waals surface area contributed by atoms with Gasteiger partial charge in [-0.3, -0.25) is 0 Å². The van der Waals surface area contributed by atoms with E-state index >= 15 is 0 Å². The molecule has 3 rings (SSSR count). The molecule has 21 heavy (non-hydrogen) atoms. The Hall–Kier alpha value is -1.39. The minimum Gasteiger partial charge on any atom is -0.363 e. The molecule has 2 aromatic carbocycles. The smallest absolute Gasteiger partial charge is 0.128 e. The first-order valence-corrected chi connectivity index (χ1v) is 7.96. The molecule has 1 aliphatic rings. The number of benzene rings is 2. The van der Waals surface area contributed by atoms with Crippen molar-refractivity contribution >= 4 is 21.6 Å². The van der Waals surface area contributed by atoms with E-state index in [9.17, 15) is 4.39 Å². The number of nitrogens with zero attached hydrogens (tertiary/aromatic N) is 1. The highest BCUT2D eigenvalue weighted by Gasteiger charge is 2.22. The largest absolute Gasteiger partial charge is 0.363 e. The molecule has 0 spiro atoms. The van der Waals surface area contributed by atoms with E-state index in [1.807, 2.05) is 18.2 Å². The molecule has 0 aliphatic carbocycles. The highest BCUT2D eigenvalue weighted by Crippen LogP contribution is 2.32. The van der Waals surface area contributed by atoms with Gasteiger partial charge in [0, 0.05) is 35.4 Å². The number of hydrogen-bond acceptors (Lipinski definition) is 2. The van der Waals surface area contributed by atoms with Gasteiger partial charge >= 0.3 is 0 Å². The lowest BCUT2D eigenvalue weighted by Gasteiger charge is -2.32. The number of para-hydroxylation sites is 1. The Morgan fingerprint density at radius 2 is 2.05 bits per heavy atom. The molecule has 4 heteroatoms. The van der Waals surface area contributed by atoms with E-state index in [4.69, 9.17) is 0 Å². The Kier molecular flexibility index (Phi) is 4.27. The first-order chi connectivity index (χ1) is 10.2.